The normalized spacial score (nSPS) is 11.5. The van der Waals surface area contributed by atoms with Crippen molar-refractivity contribution in [2.45, 2.75) is 6.36 Å². The van der Waals surface area contributed by atoms with Crippen LogP contribution >= 0.6 is 34.8 Å². The summed E-state index contributed by atoms with van der Waals surface area (Å²) in [5.41, 5.74) is 0.129. The number of hydrogen-bond acceptors (Lipinski definition) is 3. The summed E-state index contributed by atoms with van der Waals surface area (Å²) in [7, 11) is 0. The topological polar surface area (TPSA) is 35.0 Å². The summed E-state index contributed by atoms with van der Waals surface area (Å²) in [6.07, 6.45) is -4.04. The Morgan fingerprint density at radius 1 is 1.05 bits per heavy atom. The van der Waals surface area contributed by atoms with Crippen molar-refractivity contribution in [3.05, 3.63) is 39.7 Å². The second kappa shape index (κ2) is 5.63. The average Bonchev–Trinajstić information content (AvgIpc) is 2.33. The Morgan fingerprint density at radius 2 is 1.75 bits per heavy atom. The van der Waals surface area contributed by atoms with Gasteiger partial charge in [-0.3, -0.25) is 0 Å². The molecule has 0 aliphatic rings. The SMILES string of the molecule is FC(F)(F)Oc1cnc(Cl)nc1-c1ccc(Cl)c(Cl)c1. The predicted molar refractivity (Wildman–Crippen MR) is 69.2 cm³/mol. The van der Waals surface area contributed by atoms with Crippen molar-refractivity contribution in [1.82, 2.24) is 9.97 Å². The fourth-order valence-corrected chi connectivity index (χ4v) is 1.83. The molecule has 9 heteroatoms. The van der Waals surface area contributed by atoms with Gasteiger partial charge >= 0.3 is 6.36 Å². The van der Waals surface area contributed by atoms with Gasteiger partial charge < -0.3 is 4.74 Å². The molecule has 0 amide bonds. The first-order valence-electron chi connectivity index (χ1n) is 5.00. The maximum absolute atomic E-state index is 12.3. The largest absolute Gasteiger partial charge is 0.573 e. The van der Waals surface area contributed by atoms with Crippen molar-refractivity contribution in [2.24, 2.45) is 0 Å². The van der Waals surface area contributed by atoms with E-state index in [2.05, 4.69) is 14.7 Å². The number of hydrogen-bond donors (Lipinski definition) is 0. The van der Waals surface area contributed by atoms with Crippen molar-refractivity contribution in [3.63, 3.8) is 0 Å². The van der Waals surface area contributed by atoms with E-state index in [-0.39, 0.29) is 26.6 Å². The van der Waals surface area contributed by atoms with Gasteiger partial charge in [-0.15, -0.1) is 13.2 Å². The molecule has 0 bridgehead atoms. The highest BCUT2D eigenvalue weighted by molar-refractivity contribution is 6.42. The standard InChI is InChI=1S/C11H4Cl3F3N2O/c12-6-2-1-5(3-7(6)13)9-8(20-11(15,16)17)4-18-10(14)19-9/h1-4H. The molecular weight excluding hydrogens is 339 g/mol. The number of rotatable bonds is 2. The molecule has 0 aliphatic heterocycles. The van der Waals surface area contributed by atoms with Crippen LogP contribution in [0.1, 0.15) is 0 Å². The second-order valence-electron chi connectivity index (χ2n) is 3.53. The van der Waals surface area contributed by atoms with Gasteiger partial charge in [0.25, 0.3) is 0 Å². The van der Waals surface area contributed by atoms with Crippen LogP contribution in [0.25, 0.3) is 11.3 Å². The minimum Gasteiger partial charge on any atom is -0.402 e. The Balaban J connectivity index is 2.53. The molecule has 0 N–H and O–H groups in total. The maximum atomic E-state index is 12.3. The monoisotopic (exact) mass is 342 g/mol. The Kier molecular flexibility index (Phi) is 4.27. The summed E-state index contributed by atoms with van der Waals surface area (Å²) in [5.74, 6) is -0.583. The highest BCUT2D eigenvalue weighted by Crippen LogP contribution is 2.35. The molecule has 0 fully saturated rings. The van der Waals surface area contributed by atoms with Gasteiger partial charge in [-0.2, -0.15) is 0 Å². The van der Waals surface area contributed by atoms with Crippen LogP contribution < -0.4 is 4.74 Å². The number of ether oxygens (including phenoxy) is 1. The number of aromatic nitrogens is 2. The molecule has 2 rings (SSSR count). The molecule has 0 unspecified atom stereocenters. The number of benzene rings is 1. The highest BCUT2D eigenvalue weighted by atomic mass is 35.5. The van der Waals surface area contributed by atoms with Gasteiger partial charge in [-0.1, -0.05) is 29.3 Å². The first kappa shape index (κ1) is 15.2. The maximum Gasteiger partial charge on any atom is 0.573 e. The van der Waals surface area contributed by atoms with E-state index in [4.69, 9.17) is 34.8 Å². The fourth-order valence-electron chi connectivity index (χ4n) is 1.40. The van der Waals surface area contributed by atoms with E-state index >= 15 is 0 Å². The first-order chi connectivity index (χ1) is 9.26. The quantitative estimate of drug-likeness (QED) is 0.720. The summed E-state index contributed by atoms with van der Waals surface area (Å²) >= 11 is 17.2. The molecule has 0 saturated heterocycles. The number of halogens is 6. The molecule has 20 heavy (non-hydrogen) atoms. The van der Waals surface area contributed by atoms with Crippen LogP contribution in [-0.4, -0.2) is 16.3 Å². The van der Waals surface area contributed by atoms with Gasteiger partial charge in [-0.05, 0) is 23.7 Å². The van der Waals surface area contributed by atoms with E-state index in [0.717, 1.165) is 6.20 Å². The van der Waals surface area contributed by atoms with Crippen molar-refractivity contribution in [2.75, 3.05) is 0 Å². The molecule has 0 spiro atoms. The van der Waals surface area contributed by atoms with Gasteiger partial charge in [0.2, 0.25) is 5.28 Å². The van der Waals surface area contributed by atoms with Gasteiger partial charge in [0.1, 0.15) is 5.69 Å². The van der Waals surface area contributed by atoms with Crippen LogP contribution in [0.3, 0.4) is 0 Å². The lowest BCUT2D eigenvalue weighted by Gasteiger charge is -2.12. The third-order valence-electron chi connectivity index (χ3n) is 2.14. The van der Waals surface area contributed by atoms with Crippen LogP contribution in [0.5, 0.6) is 5.75 Å². The van der Waals surface area contributed by atoms with E-state index in [1.807, 2.05) is 0 Å². The zero-order valence-corrected chi connectivity index (χ0v) is 11.6. The summed E-state index contributed by atoms with van der Waals surface area (Å²) in [4.78, 5) is 7.19. The average molecular weight is 344 g/mol. The van der Waals surface area contributed by atoms with Crippen molar-refractivity contribution < 1.29 is 17.9 Å². The number of alkyl halides is 3. The van der Waals surface area contributed by atoms with E-state index in [9.17, 15) is 13.2 Å². The zero-order chi connectivity index (χ0) is 14.9. The Morgan fingerprint density at radius 3 is 2.35 bits per heavy atom. The summed E-state index contributed by atoms with van der Waals surface area (Å²) in [5, 5.41) is 0.200. The van der Waals surface area contributed by atoms with Gasteiger partial charge in [0, 0.05) is 5.56 Å². The van der Waals surface area contributed by atoms with E-state index < -0.39 is 12.1 Å². The van der Waals surface area contributed by atoms with Crippen molar-refractivity contribution in [1.29, 1.82) is 0 Å². The van der Waals surface area contributed by atoms with Crippen LogP contribution in [0.2, 0.25) is 15.3 Å². The minimum atomic E-state index is -4.87. The molecule has 1 aromatic carbocycles. The molecule has 0 atom stereocenters. The van der Waals surface area contributed by atoms with Gasteiger partial charge in [-0.25, -0.2) is 9.97 Å². The van der Waals surface area contributed by atoms with E-state index in [1.165, 1.54) is 18.2 Å². The van der Waals surface area contributed by atoms with E-state index in [1.54, 1.807) is 0 Å². The fraction of sp³-hybridized carbons (Fsp3) is 0.0909. The lowest BCUT2D eigenvalue weighted by atomic mass is 10.1. The molecule has 1 aromatic heterocycles. The lowest BCUT2D eigenvalue weighted by Crippen LogP contribution is -2.18. The molecular formula is C11H4Cl3F3N2O. The van der Waals surface area contributed by atoms with Crippen LogP contribution in [0.15, 0.2) is 24.4 Å². The van der Waals surface area contributed by atoms with Gasteiger partial charge in [0.05, 0.1) is 16.2 Å². The van der Waals surface area contributed by atoms with Crippen molar-refractivity contribution in [3.8, 4) is 17.0 Å². The Labute approximate surface area is 126 Å². The van der Waals surface area contributed by atoms with E-state index in [0.29, 0.717) is 0 Å². The molecule has 2 aromatic rings. The third kappa shape index (κ3) is 3.65. The molecule has 0 radical (unpaired) electrons. The third-order valence-corrected chi connectivity index (χ3v) is 3.07. The molecule has 0 saturated carbocycles. The van der Waals surface area contributed by atoms with Crippen LogP contribution in [-0.2, 0) is 0 Å². The number of nitrogens with zero attached hydrogens (tertiary/aromatic N) is 2. The molecule has 106 valence electrons. The lowest BCUT2D eigenvalue weighted by molar-refractivity contribution is -0.274. The Bertz CT molecular complexity index is 649. The van der Waals surface area contributed by atoms with Crippen LogP contribution in [0, 0.1) is 0 Å². The van der Waals surface area contributed by atoms with Crippen molar-refractivity contribution >= 4 is 34.8 Å². The first-order valence-corrected chi connectivity index (χ1v) is 6.13. The van der Waals surface area contributed by atoms with Gasteiger partial charge in [0.15, 0.2) is 5.75 Å². The molecule has 1 heterocycles. The summed E-state index contributed by atoms with van der Waals surface area (Å²) < 4.78 is 40.8. The molecule has 0 aliphatic carbocycles. The smallest absolute Gasteiger partial charge is 0.402 e. The zero-order valence-electron chi connectivity index (χ0n) is 9.38. The highest BCUT2D eigenvalue weighted by Gasteiger charge is 2.33. The summed E-state index contributed by atoms with van der Waals surface area (Å²) in [6.45, 7) is 0. The molecule has 3 nitrogen and oxygen atoms in total. The summed E-state index contributed by atoms with van der Waals surface area (Å²) in [6, 6.07) is 4.22. The minimum absolute atomic E-state index is 0.138. The van der Waals surface area contributed by atoms with Crippen LogP contribution in [0.4, 0.5) is 13.2 Å². The second-order valence-corrected chi connectivity index (χ2v) is 4.68. The predicted octanol–water partition coefficient (Wildman–Crippen LogP) is 5.00. The Hall–Kier alpha value is -1.24.